The molecule has 0 atom stereocenters. The maximum Gasteiger partial charge on any atom is 0.283 e. The van der Waals surface area contributed by atoms with Crippen molar-refractivity contribution >= 4 is 22.8 Å². The van der Waals surface area contributed by atoms with E-state index < -0.39 is 11.4 Å². The highest BCUT2D eigenvalue weighted by Crippen LogP contribution is 2.19. The molecule has 2 heterocycles. The summed E-state index contributed by atoms with van der Waals surface area (Å²) in [5, 5.41) is 7.97. The number of hydrogen-bond acceptors (Lipinski definition) is 4. The van der Waals surface area contributed by atoms with Crippen LogP contribution in [0.25, 0.3) is 11.2 Å². The molecule has 9 heteroatoms. The van der Waals surface area contributed by atoms with E-state index in [9.17, 15) is 13.6 Å². The monoisotopic (exact) mass is 387 g/mol. The van der Waals surface area contributed by atoms with Gasteiger partial charge in [0.05, 0.1) is 13.1 Å². The van der Waals surface area contributed by atoms with Crippen LogP contribution in [0.1, 0.15) is 11.1 Å². The first-order valence-corrected chi connectivity index (χ1v) is 8.37. The SMILES string of the molecule is O=c1c2nnn(Cc3ccccc3F)c2ncn1Cc1c(F)cccc1Cl. The zero-order valence-electron chi connectivity index (χ0n) is 13.8. The summed E-state index contributed by atoms with van der Waals surface area (Å²) < 4.78 is 30.4. The Morgan fingerprint density at radius 3 is 2.56 bits per heavy atom. The minimum absolute atomic E-state index is 0.0151. The molecule has 0 aliphatic heterocycles. The Balaban J connectivity index is 1.72. The molecule has 0 radical (unpaired) electrons. The van der Waals surface area contributed by atoms with Crippen molar-refractivity contribution in [1.82, 2.24) is 24.5 Å². The van der Waals surface area contributed by atoms with Gasteiger partial charge in [0.15, 0.2) is 11.2 Å². The molecule has 27 heavy (non-hydrogen) atoms. The number of hydrogen-bond donors (Lipinski definition) is 0. The quantitative estimate of drug-likeness (QED) is 0.540. The van der Waals surface area contributed by atoms with Crippen LogP contribution in [0.3, 0.4) is 0 Å². The zero-order valence-corrected chi connectivity index (χ0v) is 14.6. The highest BCUT2D eigenvalue weighted by molar-refractivity contribution is 6.31. The minimum atomic E-state index is -0.516. The fourth-order valence-corrected chi connectivity index (χ4v) is 2.97. The summed E-state index contributed by atoms with van der Waals surface area (Å²) in [7, 11) is 0. The molecule has 0 saturated carbocycles. The molecule has 0 aliphatic rings. The Bertz CT molecular complexity index is 1180. The number of fused-ring (bicyclic) bond motifs is 1. The average Bonchev–Trinajstić information content (AvgIpc) is 3.06. The van der Waals surface area contributed by atoms with E-state index in [2.05, 4.69) is 15.3 Å². The van der Waals surface area contributed by atoms with Crippen LogP contribution in [0.5, 0.6) is 0 Å². The zero-order chi connectivity index (χ0) is 19.0. The van der Waals surface area contributed by atoms with Crippen molar-refractivity contribution in [3.05, 3.63) is 86.9 Å². The Kier molecular flexibility index (Phi) is 4.41. The van der Waals surface area contributed by atoms with Gasteiger partial charge in [0, 0.05) is 16.1 Å². The summed E-state index contributed by atoms with van der Waals surface area (Å²) in [4.78, 5) is 16.9. The normalized spacial score (nSPS) is 11.2. The van der Waals surface area contributed by atoms with E-state index in [0.29, 0.717) is 5.56 Å². The summed E-state index contributed by atoms with van der Waals surface area (Å²) in [6.07, 6.45) is 1.27. The molecule has 0 amide bonds. The second-order valence-corrected chi connectivity index (χ2v) is 6.30. The molecule has 0 bridgehead atoms. The van der Waals surface area contributed by atoms with Crippen molar-refractivity contribution in [3.8, 4) is 0 Å². The van der Waals surface area contributed by atoms with Gasteiger partial charge in [-0.1, -0.05) is 41.1 Å². The molecule has 0 fully saturated rings. The van der Waals surface area contributed by atoms with Gasteiger partial charge in [-0.3, -0.25) is 9.36 Å². The molecule has 0 aliphatic carbocycles. The van der Waals surface area contributed by atoms with E-state index in [0.717, 1.165) is 0 Å². The van der Waals surface area contributed by atoms with Crippen LogP contribution in [-0.2, 0) is 13.1 Å². The topological polar surface area (TPSA) is 65.6 Å². The maximum atomic E-state index is 14.0. The van der Waals surface area contributed by atoms with Crippen LogP contribution in [0.15, 0.2) is 53.6 Å². The van der Waals surface area contributed by atoms with Gasteiger partial charge in [0.2, 0.25) is 0 Å². The van der Waals surface area contributed by atoms with Crippen LogP contribution in [-0.4, -0.2) is 24.5 Å². The van der Waals surface area contributed by atoms with Crippen LogP contribution in [0, 0.1) is 11.6 Å². The van der Waals surface area contributed by atoms with Crippen LogP contribution >= 0.6 is 11.6 Å². The molecule has 6 nitrogen and oxygen atoms in total. The van der Waals surface area contributed by atoms with Crippen molar-refractivity contribution in [2.75, 3.05) is 0 Å². The van der Waals surface area contributed by atoms with Crippen molar-refractivity contribution in [1.29, 1.82) is 0 Å². The number of nitrogens with zero attached hydrogens (tertiary/aromatic N) is 5. The number of halogens is 3. The third kappa shape index (κ3) is 3.19. The predicted octanol–water partition coefficient (Wildman–Crippen LogP) is 3.02. The number of aromatic nitrogens is 5. The smallest absolute Gasteiger partial charge is 0.283 e. The van der Waals surface area contributed by atoms with E-state index in [1.165, 1.54) is 33.8 Å². The van der Waals surface area contributed by atoms with Gasteiger partial charge in [-0.25, -0.2) is 18.4 Å². The highest BCUT2D eigenvalue weighted by Gasteiger charge is 2.15. The molecule has 4 aromatic rings. The van der Waals surface area contributed by atoms with E-state index in [-0.39, 0.29) is 40.7 Å². The molecular formula is C18H12ClF2N5O. The summed E-state index contributed by atoms with van der Waals surface area (Å²) in [5.74, 6) is -0.901. The predicted molar refractivity (Wildman–Crippen MR) is 95.6 cm³/mol. The Morgan fingerprint density at radius 1 is 1.00 bits per heavy atom. The second kappa shape index (κ2) is 6.88. The number of rotatable bonds is 4. The maximum absolute atomic E-state index is 14.0. The molecule has 136 valence electrons. The summed E-state index contributed by atoms with van der Waals surface area (Å²) in [6.45, 7) is -0.00772. The van der Waals surface area contributed by atoms with Crippen LogP contribution in [0.4, 0.5) is 8.78 Å². The van der Waals surface area contributed by atoms with Gasteiger partial charge in [0.1, 0.15) is 18.0 Å². The molecule has 2 aromatic heterocycles. The van der Waals surface area contributed by atoms with Crippen molar-refractivity contribution in [2.24, 2.45) is 0 Å². The molecule has 4 rings (SSSR count). The molecule has 0 saturated heterocycles. The van der Waals surface area contributed by atoms with Gasteiger partial charge < -0.3 is 0 Å². The first-order valence-electron chi connectivity index (χ1n) is 7.99. The van der Waals surface area contributed by atoms with E-state index in [4.69, 9.17) is 11.6 Å². The largest absolute Gasteiger partial charge is 0.293 e. The van der Waals surface area contributed by atoms with Crippen molar-refractivity contribution in [2.45, 2.75) is 13.1 Å². The van der Waals surface area contributed by atoms with Gasteiger partial charge >= 0.3 is 0 Å². The minimum Gasteiger partial charge on any atom is -0.293 e. The number of benzene rings is 2. The molecule has 2 aromatic carbocycles. The van der Waals surface area contributed by atoms with Gasteiger partial charge in [0.25, 0.3) is 5.56 Å². The molecular weight excluding hydrogens is 376 g/mol. The van der Waals surface area contributed by atoms with E-state index >= 15 is 0 Å². The lowest BCUT2D eigenvalue weighted by molar-refractivity contribution is 0.581. The average molecular weight is 388 g/mol. The molecule has 0 N–H and O–H groups in total. The first-order chi connectivity index (χ1) is 13.0. The van der Waals surface area contributed by atoms with E-state index in [1.54, 1.807) is 24.3 Å². The Labute approximate surface area is 156 Å². The highest BCUT2D eigenvalue weighted by atomic mass is 35.5. The molecule has 0 spiro atoms. The lowest BCUT2D eigenvalue weighted by atomic mass is 10.2. The summed E-state index contributed by atoms with van der Waals surface area (Å²) in [5.41, 5.74) is 0.328. The van der Waals surface area contributed by atoms with Crippen molar-refractivity contribution in [3.63, 3.8) is 0 Å². The van der Waals surface area contributed by atoms with Gasteiger partial charge in [-0.2, -0.15) is 0 Å². The van der Waals surface area contributed by atoms with Crippen molar-refractivity contribution < 1.29 is 8.78 Å². The van der Waals surface area contributed by atoms with Gasteiger partial charge in [-0.05, 0) is 18.2 Å². The first kappa shape index (κ1) is 17.3. The summed E-state index contributed by atoms with van der Waals surface area (Å²) >= 11 is 6.02. The second-order valence-electron chi connectivity index (χ2n) is 5.89. The van der Waals surface area contributed by atoms with Crippen LogP contribution in [0.2, 0.25) is 5.02 Å². The third-order valence-electron chi connectivity index (χ3n) is 4.16. The summed E-state index contributed by atoms with van der Waals surface area (Å²) in [6, 6.07) is 10.5. The van der Waals surface area contributed by atoms with Crippen LogP contribution < -0.4 is 5.56 Å². The fourth-order valence-electron chi connectivity index (χ4n) is 2.75. The fraction of sp³-hybridized carbons (Fsp3) is 0.111. The Morgan fingerprint density at radius 2 is 1.78 bits per heavy atom. The molecule has 0 unspecified atom stereocenters. The lowest BCUT2D eigenvalue weighted by Gasteiger charge is -2.08. The standard InChI is InChI=1S/C18H12ClF2N5O/c19-13-5-3-7-15(21)12(13)9-25-10-22-17-16(18(25)27)23-24-26(17)8-11-4-1-2-6-14(11)20/h1-7,10H,8-9H2. The third-order valence-corrected chi connectivity index (χ3v) is 4.51. The van der Waals surface area contributed by atoms with Gasteiger partial charge in [-0.15, -0.1) is 5.10 Å². The Hall–Kier alpha value is -3.13. The lowest BCUT2D eigenvalue weighted by Crippen LogP contribution is -2.22. The van der Waals surface area contributed by atoms with E-state index in [1.807, 2.05) is 0 Å².